The Balaban J connectivity index is 1.92. The molecule has 0 aliphatic carbocycles. The maximum absolute atomic E-state index is 11.7. The number of nitro benzene ring substituents is 1. The number of nitrogens with one attached hydrogen (secondary N) is 1. The van der Waals surface area contributed by atoms with Gasteiger partial charge in [0.05, 0.1) is 11.1 Å². The molecule has 2 aromatic rings. The number of aryl methyl sites for hydroxylation is 1. The van der Waals surface area contributed by atoms with Crippen molar-refractivity contribution in [2.24, 2.45) is 5.10 Å². The van der Waals surface area contributed by atoms with E-state index >= 15 is 0 Å². The summed E-state index contributed by atoms with van der Waals surface area (Å²) in [6.07, 6.45) is 1.04. The molecule has 0 aliphatic rings. The quantitative estimate of drug-likeness (QED) is 0.480. The highest BCUT2D eigenvalue weighted by molar-refractivity contribution is 6.30. The van der Waals surface area contributed by atoms with E-state index in [4.69, 9.17) is 16.3 Å². The zero-order valence-corrected chi connectivity index (χ0v) is 13.8. The molecule has 0 aliphatic heterocycles. The van der Waals surface area contributed by atoms with Gasteiger partial charge in [0.2, 0.25) is 0 Å². The molecular weight excluding hydrogens is 350 g/mol. The van der Waals surface area contributed by atoms with Crippen molar-refractivity contribution in [1.29, 1.82) is 0 Å². The zero-order valence-electron chi connectivity index (χ0n) is 13.1. The van der Waals surface area contributed by atoms with Crippen molar-refractivity contribution in [3.8, 4) is 11.5 Å². The van der Waals surface area contributed by atoms with E-state index in [1.54, 1.807) is 25.1 Å². The summed E-state index contributed by atoms with van der Waals surface area (Å²) in [5.74, 6) is -0.496. The molecule has 2 rings (SSSR count). The van der Waals surface area contributed by atoms with E-state index in [2.05, 4.69) is 10.5 Å². The first kappa shape index (κ1) is 18.2. The van der Waals surface area contributed by atoms with Crippen LogP contribution in [0.25, 0.3) is 0 Å². The van der Waals surface area contributed by atoms with E-state index in [0.717, 1.165) is 30.0 Å². The number of carbonyl (C=O) groups is 1. The molecule has 0 spiro atoms. The summed E-state index contributed by atoms with van der Waals surface area (Å²) in [6, 6.07) is 8.21. The summed E-state index contributed by atoms with van der Waals surface area (Å²) >= 11 is 5.83. The van der Waals surface area contributed by atoms with E-state index in [9.17, 15) is 20.0 Å². The van der Waals surface area contributed by atoms with Crippen molar-refractivity contribution in [1.82, 2.24) is 5.43 Å². The average Bonchev–Trinajstić information content (AvgIpc) is 2.55. The summed E-state index contributed by atoms with van der Waals surface area (Å²) in [5.41, 5.74) is 2.70. The SMILES string of the molecule is Cc1cc(Cl)ccc1OCC(=O)N/N=C\c1cc([N+](=O)[O-])ccc1[O-]. The van der Waals surface area contributed by atoms with Crippen LogP contribution in [-0.4, -0.2) is 23.7 Å². The van der Waals surface area contributed by atoms with Gasteiger partial charge < -0.3 is 9.84 Å². The first-order chi connectivity index (χ1) is 11.9. The van der Waals surface area contributed by atoms with Crippen LogP contribution in [0.2, 0.25) is 5.02 Å². The molecule has 9 heteroatoms. The molecule has 25 heavy (non-hydrogen) atoms. The third-order valence-corrected chi connectivity index (χ3v) is 3.33. The Morgan fingerprint density at radius 2 is 2.12 bits per heavy atom. The highest BCUT2D eigenvalue weighted by atomic mass is 35.5. The summed E-state index contributed by atoms with van der Waals surface area (Å²) in [5, 5.41) is 26.4. The summed E-state index contributed by atoms with van der Waals surface area (Å²) < 4.78 is 5.34. The van der Waals surface area contributed by atoms with Crippen molar-refractivity contribution in [2.45, 2.75) is 6.92 Å². The van der Waals surface area contributed by atoms with Crippen LogP contribution in [0.15, 0.2) is 41.5 Å². The van der Waals surface area contributed by atoms with Crippen LogP contribution < -0.4 is 15.3 Å². The number of hydrogen-bond donors (Lipinski definition) is 1. The molecule has 0 saturated carbocycles. The lowest BCUT2D eigenvalue weighted by atomic mass is 10.2. The number of benzene rings is 2. The van der Waals surface area contributed by atoms with Gasteiger partial charge in [-0.3, -0.25) is 14.9 Å². The fourth-order valence-electron chi connectivity index (χ4n) is 1.87. The van der Waals surface area contributed by atoms with Gasteiger partial charge >= 0.3 is 0 Å². The van der Waals surface area contributed by atoms with Crippen molar-refractivity contribution < 1.29 is 19.6 Å². The van der Waals surface area contributed by atoms with Crippen LogP contribution in [0.3, 0.4) is 0 Å². The predicted molar refractivity (Wildman–Crippen MR) is 90.0 cm³/mol. The molecule has 0 atom stereocenters. The maximum Gasteiger partial charge on any atom is 0.277 e. The molecule has 8 nitrogen and oxygen atoms in total. The fraction of sp³-hybridized carbons (Fsp3) is 0.125. The first-order valence-corrected chi connectivity index (χ1v) is 7.41. The Morgan fingerprint density at radius 3 is 2.80 bits per heavy atom. The monoisotopic (exact) mass is 362 g/mol. The topological polar surface area (TPSA) is 117 Å². The fourth-order valence-corrected chi connectivity index (χ4v) is 2.10. The van der Waals surface area contributed by atoms with Gasteiger partial charge in [-0.15, -0.1) is 0 Å². The van der Waals surface area contributed by atoms with Crippen molar-refractivity contribution in [3.63, 3.8) is 0 Å². The van der Waals surface area contributed by atoms with Crippen LogP contribution in [0.5, 0.6) is 11.5 Å². The molecule has 0 heterocycles. The lowest BCUT2D eigenvalue weighted by Crippen LogP contribution is -2.24. The van der Waals surface area contributed by atoms with Crippen molar-refractivity contribution in [2.75, 3.05) is 6.61 Å². The van der Waals surface area contributed by atoms with Crippen LogP contribution in [0, 0.1) is 17.0 Å². The van der Waals surface area contributed by atoms with Gasteiger partial charge in [0, 0.05) is 17.2 Å². The molecule has 2 aromatic carbocycles. The lowest BCUT2D eigenvalue weighted by Gasteiger charge is -2.09. The highest BCUT2D eigenvalue weighted by Gasteiger charge is 2.06. The predicted octanol–water partition coefficient (Wildman–Crippen LogP) is 2.16. The minimum atomic E-state index is -0.627. The van der Waals surface area contributed by atoms with Crippen LogP contribution in [-0.2, 0) is 4.79 Å². The standard InChI is InChI=1S/C16H14ClN3O5/c1-10-6-12(17)2-5-15(10)25-9-16(22)19-18-8-11-7-13(20(23)24)3-4-14(11)21/h2-8,21H,9H2,1H3,(H,19,22)/p-1/b18-8-. The smallest absolute Gasteiger partial charge is 0.277 e. The van der Waals surface area contributed by atoms with Gasteiger partial charge in [-0.2, -0.15) is 5.10 Å². The van der Waals surface area contributed by atoms with Crippen LogP contribution in [0.1, 0.15) is 11.1 Å². The summed E-state index contributed by atoms with van der Waals surface area (Å²) in [6.45, 7) is 1.49. The molecule has 1 amide bonds. The Kier molecular flexibility index (Phi) is 5.91. The number of amides is 1. The molecular formula is C16H13ClN3O5-. The molecule has 1 N–H and O–H groups in total. The Labute approximate surface area is 147 Å². The van der Waals surface area contributed by atoms with E-state index in [0.29, 0.717) is 10.8 Å². The Hall–Kier alpha value is -3.13. The number of non-ortho nitro benzene ring substituents is 1. The number of rotatable bonds is 6. The molecule has 0 unspecified atom stereocenters. The largest absolute Gasteiger partial charge is 0.872 e. The van der Waals surface area contributed by atoms with Gasteiger partial charge in [0.15, 0.2) is 6.61 Å². The molecule has 0 bridgehead atoms. The van der Waals surface area contributed by atoms with Crippen LogP contribution >= 0.6 is 11.6 Å². The van der Waals surface area contributed by atoms with E-state index in [1.165, 1.54) is 0 Å². The number of nitrogens with zero attached hydrogens (tertiary/aromatic N) is 2. The Bertz CT molecular complexity index is 839. The van der Waals surface area contributed by atoms with Gasteiger partial charge in [0.25, 0.3) is 11.6 Å². The number of hydrogen-bond acceptors (Lipinski definition) is 6. The lowest BCUT2D eigenvalue weighted by molar-refractivity contribution is -0.385. The third kappa shape index (κ3) is 5.18. The molecule has 130 valence electrons. The highest BCUT2D eigenvalue weighted by Crippen LogP contribution is 2.21. The average molecular weight is 363 g/mol. The van der Waals surface area contributed by atoms with Crippen molar-refractivity contribution in [3.05, 3.63) is 62.7 Å². The van der Waals surface area contributed by atoms with Gasteiger partial charge in [-0.05, 0) is 36.2 Å². The minimum Gasteiger partial charge on any atom is -0.872 e. The van der Waals surface area contributed by atoms with E-state index in [-0.39, 0.29) is 17.9 Å². The minimum absolute atomic E-state index is 0.0102. The molecule has 0 aromatic heterocycles. The number of ether oxygens (including phenoxy) is 1. The Morgan fingerprint density at radius 1 is 1.36 bits per heavy atom. The van der Waals surface area contributed by atoms with Gasteiger partial charge in [-0.25, -0.2) is 5.43 Å². The summed E-state index contributed by atoms with van der Waals surface area (Å²) in [4.78, 5) is 21.7. The third-order valence-electron chi connectivity index (χ3n) is 3.09. The van der Waals surface area contributed by atoms with E-state index in [1.807, 2.05) is 0 Å². The second-order valence-corrected chi connectivity index (χ2v) is 5.41. The zero-order chi connectivity index (χ0) is 18.4. The number of nitro groups is 1. The second kappa shape index (κ2) is 8.11. The normalized spacial score (nSPS) is 10.6. The molecule has 0 radical (unpaired) electrons. The van der Waals surface area contributed by atoms with E-state index < -0.39 is 16.6 Å². The van der Waals surface area contributed by atoms with Crippen molar-refractivity contribution >= 4 is 29.4 Å². The first-order valence-electron chi connectivity index (χ1n) is 7.03. The van der Waals surface area contributed by atoms with Gasteiger partial charge in [-0.1, -0.05) is 23.4 Å². The summed E-state index contributed by atoms with van der Waals surface area (Å²) in [7, 11) is 0. The molecule has 0 fully saturated rings. The van der Waals surface area contributed by atoms with Gasteiger partial charge in [0.1, 0.15) is 5.75 Å². The number of halogens is 1. The second-order valence-electron chi connectivity index (χ2n) is 4.97. The molecule has 0 saturated heterocycles. The maximum atomic E-state index is 11.7. The number of hydrazone groups is 1. The number of carbonyl (C=O) groups excluding carboxylic acids is 1. The van der Waals surface area contributed by atoms with Crippen LogP contribution in [0.4, 0.5) is 5.69 Å².